The van der Waals surface area contributed by atoms with Crippen molar-refractivity contribution in [2.24, 2.45) is 0 Å². The second kappa shape index (κ2) is 7.43. The number of halogens is 1. The fourth-order valence-corrected chi connectivity index (χ4v) is 2.86. The fraction of sp³-hybridized carbons (Fsp3) is 0.0667. The minimum Gasteiger partial charge on any atom is -0.480 e. The van der Waals surface area contributed by atoms with E-state index in [0.717, 1.165) is 0 Å². The molecule has 2 aromatic carbocycles. The van der Waals surface area contributed by atoms with E-state index in [4.69, 9.17) is 16.7 Å². The molecule has 0 saturated heterocycles. The van der Waals surface area contributed by atoms with E-state index in [1.807, 2.05) is 4.72 Å². The highest BCUT2D eigenvalue weighted by Crippen LogP contribution is 2.16. The first-order chi connectivity index (χ1) is 11.3. The molecule has 2 aromatic rings. The van der Waals surface area contributed by atoms with E-state index in [0.29, 0.717) is 16.3 Å². The fourth-order valence-electron chi connectivity index (χ4n) is 1.76. The molecule has 0 aliphatic rings. The molecule has 1 amide bonds. The lowest BCUT2D eigenvalue weighted by Crippen LogP contribution is -2.29. The monoisotopic (exact) mass is 368 g/mol. The van der Waals surface area contributed by atoms with Crippen LogP contribution in [-0.2, 0) is 14.8 Å². The van der Waals surface area contributed by atoms with Gasteiger partial charge in [0.15, 0.2) is 0 Å². The quantitative estimate of drug-likeness (QED) is 0.721. The highest BCUT2D eigenvalue weighted by atomic mass is 35.5. The van der Waals surface area contributed by atoms with Crippen LogP contribution in [-0.4, -0.2) is 31.9 Å². The van der Waals surface area contributed by atoms with E-state index in [2.05, 4.69) is 5.32 Å². The summed E-state index contributed by atoms with van der Waals surface area (Å²) >= 11 is 5.75. The molecule has 0 bridgehead atoms. The Kier molecular flexibility index (Phi) is 5.55. The summed E-state index contributed by atoms with van der Waals surface area (Å²) in [6.07, 6.45) is 0. The Morgan fingerprint density at radius 3 is 2.12 bits per heavy atom. The van der Waals surface area contributed by atoms with Crippen molar-refractivity contribution in [3.8, 4) is 0 Å². The summed E-state index contributed by atoms with van der Waals surface area (Å²) in [5.74, 6) is -1.66. The normalized spacial score (nSPS) is 11.0. The minimum absolute atomic E-state index is 0.103. The highest BCUT2D eigenvalue weighted by molar-refractivity contribution is 7.89. The first kappa shape index (κ1) is 17.9. The van der Waals surface area contributed by atoms with E-state index in [1.54, 1.807) is 24.3 Å². The molecule has 0 aromatic heterocycles. The minimum atomic E-state index is -3.92. The summed E-state index contributed by atoms with van der Waals surface area (Å²) in [6, 6.07) is 11.6. The maximum atomic E-state index is 12.0. The van der Waals surface area contributed by atoms with Gasteiger partial charge < -0.3 is 10.4 Å². The first-order valence-corrected chi connectivity index (χ1v) is 8.52. The molecule has 9 heteroatoms. The Balaban J connectivity index is 2.08. The lowest BCUT2D eigenvalue weighted by atomic mass is 10.2. The van der Waals surface area contributed by atoms with Crippen molar-refractivity contribution in [3.05, 3.63) is 59.1 Å². The van der Waals surface area contributed by atoms with Gasteiger partial charge in [-0.2, -0.15) is 4.72 Å². The van der Waals surface area contributed by atoms with Gasteiger partial charge in [-0.05, 0) is 48.5 Å². The zero-order valence-electron chi connectivity index (χ0n) is 12.2. The zero-order chi connectivity index (χ0) is 17.7. The van der Waals surface area contributed by atoms with Gasteiger partial charge in [0.05, 0.1) is 4.90 Å². The second-order valence-corrected chi connectivity index (χ2v) is 6.91. The molecular weight excluding hydrogens is 356 g/mol. The van der Waals surface area contributed by atoms with Gasteiger partial charge in [0, 0.05) is 16.3 Å². The van der Waals surface area contributed by atoms with Crippen molar-refractivity contribution in [1.29, 1.82) is 0 Å². The molecule has 0 atom stereocenters. The molecular formula is C15H13ClN2O5S. The molecule has 0 saturated carbocycles. The number of hydrogen-bond acceptors (Lipinski definition) is 4. The van der Waals surface area contributed by atoms with E-state index in [-0.39, 0.29) is 10.8 Å². The van der Waals surface area contributed by atoms with Crippen molar-refractivity contribution in [3.63, 3.8) is 0 Å². The van der Waals surface area contributed by atoms with Crippen LogP contribution in [0.5, 0.6) is 0 Å². The number of amides is 1. The summed E-state index contributed by atoms with van der Waals surface area (Å²) in [7, 11) is -3.92. The van der Waals surface area contributed by atoms with Gasteiger partial charge in [0.25, 0.3) is 5.91 Å². The van der Waals surface area contributed by atoms with Gasteiger partial charge in [0.2, 0.25) is 10.0 Å². The third-order valence-electron chi connectivity index (χ3n) is 2.94. The average molecular weight is 369 g/mol. The van der Waals surface area contributed by atoms with Gasteiger partial charge in [-0.1, -0.05) is 11.6 Å². The molecule has 0 fully saturated rings. The van der Waals surface area contributed by atoms with Gasteiger partial charge >= 0.3 is 5.97 Å². The number of nitrogens with one attached hydrogen (secondary N) is 2. The first-order valence-electron chi connectivity index (χ1n) is 6.66. The van der Waals surface area contributed by atoms with E-state index < -0.39 is 22.5 Å². The van der Waals surface area contributed by atoms with E-state index >= 15 is 0 Å². The number of rotatable bonds is 6. The lowest BCUT2D eigenvalue weighted by Gasteiger charge is -2.08. The van der Waals surface area contributed by atoms with Crippen molar-refractivity contribution in [2.45, 2.75) is 4.90 Å². The van der Waals surface area contributed by atoms with Gasteiger partial charge in [0.1, 0.15) is 6.54 Å². The maximum absolute atomic E-state index is 12.0. The van der Waals surface area contributed by atoms with Gasteiger partial charge in [-0.15, -0.1) is 0 Å². The maximum Gasteiger partial charge on any atom is 0.318 e. The SMILES string of the molecule is O=C(O)CNS(=O)(=O)c1ccc(NC(=O)c2ccc(Cl)cc2)cc1. The Morgan fingerprint density at radius 1 is 1.00 bits per heavy atom. The Bertz CT molecular complexity index is 848. The van der Waals surface area contributed by atoms with Crippen molar-refractivity contribution in [1.82, 2.24) is 4.72 Å². The molecule has 0 heterocycles. The van der Waals surface area contributed by atoms with Crippen molar-refractivity contribution in [2.75, 3.05) is 11.9 Å². The molecule has 126 valence electrons. The number of sulfonamides is 1. The molecule has 2 rings (SSSR count). The average Bonchev–Trinajstić information content (AvgIpc) is 2.54. The number of hydrogen-bond donors (Lipinski definition) is 3. The Hall–Kier alpha value is -2.42. The predicted octanol–water partition coefficient (Wildman–Crippen LogP) is 1.96. The summed E-state index contributed by atoms with van der Waals surface area (Å²) < 4.78 is 25.6. The Morgan fingerprint density at radius 2 is 1.58 bits per heavy atom. The van der Waals surface area contributed by atoms with Crippen LogP contribution in [0.15, 0.2) is 53.4 Å². The van der Waals surface area contributed by atoms with Gasteiger partial charge in [-0.25, -0.2) is 8.42 Å². The number of benzene rings is 2. The topological polar surface area (TPSA) is 113 Å². The molecule has 0 aliphatic heterocycles. The molecule has 0 radical (unpaired) electrons. The zero-order valence-corrected chi connectivity index (χ0v) is 13.8. The van der Waals surface area contributed by atoms with Crippen LogP contribution in [0.25, 0.3) is 0 Å². The van der Waals surface area contributed by atoms with Crippen LogP contribution in [0.3, 0.4) is 0 Å². The van der Waals surface area contributed by atoms with Crippen LogP contribution < -0.4 is 10.0 Å². The smallest absolute Gasteiger partial charge is 0.318 e. The summed E-state index contributed by atoms with van der Waals surface area (Å²) in [5.41, 5.74) is 0.798. The van der Waals surface area contributed by atoms with Crippen molar-refractivity contribution >= 4 is 39.2 Å². The van der Waals surface area contributed by atoms with Crippen LogP contribution in [0, 0.1) is 0 Å². The number of aliphatic carboxylic acids is 1. The third kappa shape index (κ3) is 4.79. The van der Waals surface area contributed by atoms with Crippen LogP contribution >= 0.6 is 11.6 Å². The molecule has 0 aliphatic carbocycles. The number of anilines is 1. The molecule has 0 unspecified atom stereocenters. The number of carbonyl (C=O) groups excluding carboxylic acids is 1. The largest absolute Gasteiger partial charge is 0.480 e. The number of carbonyl (C=O) groups is 2. The summed E-state index contributed by atoms with van der Waals surface area (Å²) in [5, 5.41) is 11.6. The van der Waals surface area contributed by atoms with Crippen LogP contribution in [0.1, 0.15) is 10.4 Å². The third-order valence-corrected chi connectivity index (χ3v) is 4.61. The van der Waals surface area contributed by atoms with E-state index in [1.165, 1.54) is 24.3 Å². The lowest BCUT2D eigenvalue weighted by molar-refractivity contribution is -0.135. The van der Waals surface area contributed by atoms with E-state index in [9.17, 15) is 18.0 Å². The molecule has 0 spiro atoms. The number of carboxylic acids is 1. The standard InChI is InChI=1S/C15H13ClN2O5S/c16-11-3-1-10(2-4-11)15(21)18-12-5-7-13(8-6-12)24(22,23)17-9-14(19)20/h1-8,17H,9H2,(H,18,21)(H,19,20). The molecule has 7 nitrogen and oxygen atoms in total. The second-order valence-electron chi connectivity index (χ2n) is 4.70. The van der Waals surface area contributed by atoms with Gasteiger partial charge in [-0.3, -0.25) is 9.59 Å². The molecule has 24 heavy (non-hydrogen) atoms. The summed E-state index contributed by atoms with van der Waals surface area (Å²) in [4.78, 5) is 22.4. The predicted molar refractivity (Wildman–Crippen MR) is 88.7 cm³/mol. The van der Waals surface area contributed by atoms with Crippen molar-refractivity contribution < 1.29 is 23.1 Å². The number of carboxylic acid groups (broad SMARTS) is 1. The Labute approximate surface area is 143 Å². The van der Waals surface area contributed by atoms with Crippen LogP contribution in [0.2, 0.25) is 5.02 Å². The van der Waals surface area contributed by atoms with Crippen LogP contribution in [0.4, 0.5) is 5.69 Å². The highest BCUT2D eigenvalue weighted by Gasteiger charge is 2.15. The molecule has 3 N–H and O–H groups in total. The summed E-state index contributed by atoms with van der Waals surface area (Å²) in [6.45, 7) is -0.711.